The number of methoxy groups -OCH3 is 1. The number of rotatable bonds is 15. The van der Waals surface area contributed by atoms with E-state index in [1.54, 1.807) is 26.8 Å². The lowest BCUT2D eigenvalue weighted by Crippen LogP contribution is -2.53. The van der Waals surface area contributed by atoms with Crippen LogP contribution in [0.25, 0.3) is 0 Å². The molecule has 0 bridgehead atoms. The molecule has 40 heavy (non-hydrogen) atoms. The first-order valence-corrected chi connectivity index (χ1v) is 14.1. The van der Waals surface area contributed by atoms with Crippen LogP contribution < -0.4 is 15.2 Å². The van der Waals surface area contributed by atoms with Crippen molar-refractivity contribution >= 4 is 23.9 Å². The van der Waals surface area contributed by atoms with Crippen LogP contribution in [0.2, 0.25) is 0 Å². The summed E-state index contributed by atoms with van der Waals surface area (Å²) in [6, 6.07) is 4.71. The SMILES string of the molecule is COC(=O)[C@](N)(Cc1ccc(OC(=O)C(C)C(C)C)c(OC(=O)C(C)C(C)C)c1)CC(C)OC(=O)CCC(C)C. The number of hydrogen-bond acceptors (Lipinski definition) is 9. The summed E-state index contributed by atoms with van der Waals surface area (Å²) in [7, 11) is 1.24. The lowest BCUT2D eigenvalue weighted by atomic mass is 9.86. The third-order valence-corrected chi connectivity index (χ3v) is 7.19. The van der Waals surface area contributed by atoms with Gasteiger partial charge in [0.15, 0.2) is 11.5 Å². The van der Waals surface area contributed by atoms with Gasteiger partial charge in [-0.05, 0) is 48.8 Å². The standard InChI is InChI=1S/C31H49NO8/c1-18(2)11-14-27(33)38-21(7)16-31(32,30(36)37-10)17-24-12-13-25(39-28(34)22(8)19(3)4)26(15-24)40-29(35)23(9)20(5)6/h12-13,15,18-23H,11,14,16-17,32H2,1-10H3/t21?,22?,23?,31-/m1/s1. The minimum atomic E-state index is -1.54. The van der Waals surface area contributed by atoms with E-state index in [-0.39, 0.29) is 54.5 Å². The topological polar surface area (TPSA) is 131 Å². The Morgan fingerprint density at radius 2 is 1.35 bits per heavy atom. The smallest absolute Gasteiger partial charge is 0.326 e. The Kier molecular flexibility index (Phi) is 13.8. The zero-order valence-corrected chi connectivity index (χ0v) is 25.9. The van der Waals surface area contributed by atoms with Gasteiger partial charge in [0.2, 0.25) is 0 Å². The van der Waals surface area contributed by atoms with Gasteiger partial charge >= 0.3 is 23.9 Å². The van der Waals surface area contributed by atoms with Crippen molar-refractivity contribution in [3.8, 4) is 11.5 Å². The molecule has 1 aromatic carbocycles. The summed E-state index contributed by atoms with van der Waals surface area (Å²) < 4.78 is 21.8. The summed E-state index contributed by atoms with van der Waals surface area (Å²) >= 11 is 0. The summed E-state index contributed by atoms with van der Waals surface area (Å²) in [5, 5.41) is 0. The van der Waals surface area contributed by atoms with Crippen LogP contribution in [0, 0.1) is 29.6 Å². The second-order valence-corrected chi connectivity index (χ2v) is 12.0. The highest BCUT2D eigenvalue weighted by Gasteiger charge is 2.38. The third-order valence-electron chi connectivity index (χ3n) is 7.19. The highest BCUT2D eigenvalue weighted by Crippen LogP contribution is 2.33. The van der Waals surface area contributed by atoms with Gasteiger partial charge in [-0.3, -0.25) is 19.2 Å². The van der Waals surface area contributed by atoms with E-state index in [1.807, 2.05) is 41.5 Å². The number of benzene rings is 1. The van der Waals surface area contributed by atoms with Crippen molar-refractivity contribution in [1.29, 1.82) is 0 Å². The summed E-state index contributed by atoms with van der Waals surface area (Å²) in [5.41, 5.74) is 5.56. The third kappa shape index (κ3) is 10.9. The molecule has 0 saturated carbocycles. The van der Waals surface area contributed by atoms with Crippen LogP contribution in [0.15, 0.2) is 18.2 Å². The highest BCUT2D eigenvalue weighted by atomic mass is 16.6. The van der Waals surface area contributed by atoms with Gasteiger partial charge in [0.25, 0.3) is 0 Å². The average molecular weight is 564 g/mol. The lowest BCUT2D eigenvalue weighted by Gasteiger charge is -2.29. The van der Waals surface area contributed by atoms with Crippen LogP contribution in [0.5, 0.6) is 11.5 Å². The van der Waals surface area contributed by atoms with Crippen LogP contribution in [-0.2, 0) is 35.1 Å². The highest BCUT2D eigenvalue weighted by molar-refractivity contribution is 5.81. The fourth-order valence-electron chi connectivity index (χ4n) is 3.81. The van der Waals surface area contributed by atoms with Crippen LogP contribution in [-0.4, -0.2) is 42.6 Å². The molecule has 0 fully saturated rings. The molecule has 0 aliphatic carbocycles. The Bertz CT molecular complexity index is 1020. The van der Waals surface area contributed by atoms with Crippen molar-refractivity contribution in [2.24, 2.45) is 35.3 Å². The molecule has 0 aliphatic heterocycles. The molecule has 2 N–H and O–H groups in total. The molecule has 226 valence electrons. The molecule has 1 aromatic rings. The molecule has 0 amide bonds. The quantitative estimate of drug-likeness (QED) is 0.224. The van der Waals surface area contributed by atoms with E-state index in [4.69, 9.17) is 24.7 Å². The van der Waals surface area contributed by atoms with Crippen LogP contribution in [0.1, 0.15) is 87.1 Å². The van der Waals surface area contributed by atoms with E-state index >= 15 is 0 Å². The van der Waals surface area contributed by atoms with Gasteiger partial charge in [0.05, 0.1) is 18.9 Å². The fraction of sp³-hybridized carbons (Fsp3) is 0.677. The van der Waals surface area contributed by atoms with Crippen molar-refractivity contribution < 1.29 is 38.1 Å². The maximum absolute atomic E-state index is 12.8. The average Bonchev–Trinajstić information content (AvgIpc) is 2.86. The number of ether oxygens (including phenoxy) is 4. The molecule has 0 spiro atoms. The molecule has 0 saturated heterocycles. The van der Waals surface area contributed by atoms with Crippen LogP contribution in [0.4, 0.5) is 0 Å². The minimum absolute atomic E-state index is 0.00549. The molecule has 1 rings (SSSR count). The molecule has 0 radical (unpaired) electrons. The van der Waals surface area contributed by atoms with Crippen LogP contribution >= 0.6 is 0 Å². The largest absolute Gasteiger partial charge is 0.468 e. The molecule has 3 unspecified atom stereocenters. The molecule has 0 aliphatic rings. The first-order chi connectivity index (χ1) is 18.5. The monoisotopic (exact) mass is 563 g/mol. The Balaban J connectivity index is 3.30. The number of esters is 4. The van der Waals surface area contributed by atoms with E-state index in [9.17, 15) is 19.2 Å². The zero-order chi connectivity index (χ0) is 30.8. The molecule has 4 atom stereocenters. The Morgan fingerprint density at radius 3 is 1.82 bits per heavy atom. The number of hydrogen-bond donors (Lipinski definition) is 1. The minimum Gasteiger partial charge on any atom is -0.468 e. The normalized spacial score (nSPS) is 15.2. The summed E-state index contributed by atoms with van der Waals surface area (Å²) in [4.78, 5) is 50.6. The second kappa shape index (κ2) is 15.7. The van der Waals surface area contributed by atoms with Crippen molar-refractivity contribution in [3.63, 3.8) is 0 Å². The van der Waals surface area contributed by atoms with Gasteiger partial charge in [0.1, 0.15) is 11.6 Å². The molecule has 9 heteroatoms. The summed E-state index contributed by atoms with van der Waals surface area (Å²) in [5.74, 6) is -2.15. The zero-order valence-electron chi connectivity index (χ0n) is 25.9. The fourth-order valence-corrected chi connectivity index (χ4v) is 3.81. The van der Waals surface area contributed by atoms with E-state index in [2.05, 4.69) is 0 Å². The number of nitrogens with two attached hydrogens (primary N) is 1. The lowest BCUT2D eigenvalue weighted by molar-refractivity contribution is -0.155. The van der Waals surface area contributed by atoms with Crippen molar-refractivity contribution in [2.45, 2.75) is 99.6 Å². The maximum Gasteiger partial charge on any atom is 0.326 e. The molecular formula is C31H49NO8. The van der Waals surface area contributed by atoms with Gasteiger partial charge in [-0.1, -0.05) is 61.5 Å². The van der Waals surface area contributed by atoms with Gasteiger partial charge < -0.3 is 24.7 Å². The van der Waals surface area contributed by atoms with Crippen molar-refractivity contribution in [2.75, 3.05) is 7.11 Å². The number of carbonyl (C=O) groups excluding carboxylic acids is 4. The van der Waals surface area contributed by atoms with Gasteiger partial charge in [-0.15, -0.1) is 0 Å². The Labute approximate surface area is 239 Å². The van der Waals surface area contributed by atoms with Crippen molar-refractivity contribution in [1.82, 2.24) is 0 Å². The molecule has 0 aromatic heterocycles. The molecule has 0 heterocycles. The Morgan fingerprint density at radius 1 is 0.825 bits per heavy atom. The van der Waals surface area contributed by atoms with Gasteiger partial charge in [-0.25, -0.2) is 0 Å². The maximum atomic E-state index is 12.8. The molecule has 9 nitrogen and oxygen atoms in total. The van der Waals surface area contributed by atoms with Gasteiger partial charge in [0, 0.05) is 19.3 Å². The Hall–Kier alpha value is -2.94. The van der Waals surface area contributed by atoms with Gasteiger partial charge in [-0.2, -0.15) is 0 Å². The first kappa shape index (κ1) is 35.1. The van der Waals surface area contributed by atoms with E-state index < -0.39 is 35.5 Å². The summed E-state index contributed by atoms with van der Waals surface area (Å²) in [6.45, 7) is 16.9. The molecular weight excluding hydrogens is 514 g/mol. The van der Waals surface area contributed by atoms with Crippen molar-refractivity contribution in [3.05, 3.63) is 23.8 Å². The van der Waals surface area contributed by atoms with E-state index in [1.165, 1.54) is 19.2 Å². The summed E-state index contributed by atoms with van der Waals surface area (Å²) in [6.07, 6.45) is 0.325. The predicted molar refractivity (Wildman–Crippen MR) is 153 cm³/mol. The number of carbonyl (C=O) groups is 4. The first-order valence-electron chi connectivity index (χ1n) is 14.1. The second-order valence-electron chi connectivity index (χ2n) is 12.0. The predicted octanol–water partition coefficient (Wildman–Crippen LogP) is 5.25. The van der Waals surface area contributed by atoms with Crippen LogP contribution in [0.3, 0.4) is 0 Å². The van der Waals surface area contributed by atoms with E-state index in [0.717, 1.165) is 0 Å². The van der Waals surface area contributed by atoms with E-state index in [0.29, 0.717) is 17.9 Å².